The zero-order chi connectivity index (χ0) is 13.8. The van der Waals surface area contributed by atoms with Gasteiger partial charge in [-0.25, -0.2) is 0 Å². The van der Waals surface area contributed by atoms with Crippen molar-refractivity contribution in [3.8, 4) is 0 Å². The van der Waals surface area contributed by atoms with E-state index in [9.17, 15) is 9.59 Å². The quantitative estimate of drug-likeness (QED) is 0.642. The maximum atomic E-state index is 12.1. The van der Waals surface area contributed by atoms with Gasteiger partial charge in [-0.2, -0.15) is 0 Å². The lowest BCUT2D eigenvalue weighted by Gasteiger charge is -2.39. The third-order valence-electron chi connectivity index (χ3n) is 3.61. The number of hydrogen-bond donors (Lipinski definition) is 3. The topological polar surface area (TPSA) is 84.2 Å². The molecule has 104 valence electrons. The van der Waals surface area contributed by atoms with Crippen LogP contribution in [0.3, 0.4) is 0 Å². The van der Waals surface area contributed by atoms with Crippen molar-refractivity contribution in [3.63, 3.8) is 0 Å². The Kier molecular flexibility index (Phi) is 5.14. The molecule has 1 saturated carbocycles. The number of amides is 2. The second-order valence-corrected chi connectivity index (χ2v) is 5.67. The molecule has 1 fully saturated rings. The third kappa shape index (κ3) is 3.45. The van der Waals surface area contributed by atoms with Crippen LogP contribution >= 0.6 is 0 Å². The minimum absolute atomic E-state index is 0.0801. The summed E-state index contributed by atoms with van der Waals surface area (Å²) in [5, 5.41) is 5.57. The highest BCUT2D eigenvalue weighted by Crippen LogP contribution is 2.40. The van der Waals surface area contributed by atoms with Gasteiger partial charge in [0, 0.05) is 13.1 Å². The van der Waals surface area contributed by atoms with E-state index < -0.39 is 11.5 Å². The number of nitrogens with one attached hydrogen (secondary N) is 2. The first-order valence-electron chi connectivity index (χ1n) is 6.70. The first kappa shape index (κ1) is 15.0. The smallest absolute Gasteiger partial charge is 0.242 e. The molecule has 0 aliphatic heterocycles. The highest BCUT2D eigenvalue weighted by molar-refractivity contribution is 5.90. The molecule has 0 aromatic carbocycles. The van der Waals surface area contributed by atoms with E-state index in [0.29, 0.717) is 19.0 Å². The van der Waals surface area contributed by atoms with Crippen molar-refractivity contribution in [2.45, 2.75) is 46.1 Å². The van der Waals surface area contributed by atoms with Crippen LogP contribution in [0.2, 0.25) is 0 Å². The Hall–Kier alpha value is -1.10. The van der Waals surface area contributed by atoms with Crippen LogP contribution in [-0.4, -0.2) is 30.9 Å². The molecule has 0 heterocycles. The van der Waals surface area contributed by atoms with E-state index in [4.69, 9.17) is 5.73 Å². The number of carbonyl (C=O) groups is 2. The molecule has 0 aromatic heterocycles. The maximum absolute atomic E-state index is 12.1. The second-order valence-electron chi connectivity index (χ2n) is 5.67. The molecule has 0 saturated heterocycles. The number of nitrogens with two attached hydrogens (primary N) is 1. The lowest BCUT2D eigenvalue weighted by atomic mass is 9.68. The summed E-state index contributed by atoms with van der Waals surface area (Å²) in [7, 11) is 0. The Morgan fingerprint density at radius 3 is 2.28 bits per heavy atom. The summed E-state index contributed by atoms with van der Waals surface area (Å²) < 4.78 is 0. The zero-order valence-corrected chi connectivity index (χ0v) is 11.6. The van der Waals surface area contributed by atoms with Gasteiger partial charge in [-0.15, -0.1) is 0 Å². The van der Waals surface area contributed by atoms with Gasteiger partial charge in [-0.05, 0) is 25.7 Å². The van der Waals surface area contributed by atoms with Crippen LogP contribution in [0.4, 0.5) is 0 Å². The van der Waals surface area contributed by atoms with Gasteiger partial charge >= 0.3 is 0 Å². The molecule has 1 rings (SSSR count). The summed E-state index contributed by atoms with van der Waals surface area (Å²) in [5.41, 5.74) is 5.23. The van der Waals surface area contributed by atoms with Gasteiger partial charge < -0.3 is 16.4 Å². The Labute approximate surface area is 109 Å². The number of rotatable bonds is 6. The van der Waals surface area contributed by atoms with Crippen molar-refractivity contribution in [2.24, 2.45) is 17.1 Å². The molecule has 1 unspecified atom stereocenters. The molecule has 18 heavy (non-hydrogen) atoms. The minimum atomic E-state index is -0.500. The number of carbonyl (C=O) groups excluding carboxylic acids is 2. The molecule has 0 radical (unpaired) electrons. The van der Waals surface area contributed by atoms with Crippen LogP contribution in [0.1, 0.15) is 40.0 Å². The average Bonchev–Trinajstić information content (AvgIpc) is 2.24. The van der Waals surface area contributed by atoms with Gasteiger partial charge in [-0.3, -0.25) is 9.59 Å². The maximum Gasteiger partial charge on any atom is 0.242 e. The highest BCUT2D eigenvalue weighted by Gasteiger charge is 2.43. The third-order valence-corrected chi connectivity index (χ3v) is 3.61. The highest BCUT2D eigenvalue weighted by atomic mass is 16.2. The Balaban J connectivity index is 2.41. The van der Waals surface area contributed by atoms with E-state index in [1.807, 2.05) is 13.8 Å². The van der Waals surface area contributed by atoms with Gasteiger partial charge in [0.25, 0.3) is 0 Å². The molecule has 0 aromatic rings. The molecule has 4 N–H and O–H groups in total. The van der Waals surface area contributed by atoms with Crippen LogP contribution in [-0.2, 0) is 9.59 Å². The lowest BCUT2D eigenvalue weighted by molar-refractivity contribution is -0.138. The fraction of sp³-hybridized carbons (Fsp3) is 0.846. The zero-order valence-electron chi connectivity index (χ0n) is 11.6. The Morgan fingerprint density at radius 1 is 1.28 bits per heavy atom. The second kappa shape index (κ2) is 6.18. The molecule has 1 aliphatic carbocycles. The summed E-state index contributed by atoms with van der Waals surface area (Å²) in [5.74, 6) is 0.186. The van der Waals surface area contributed by atoms with Crippen LogP contribution in [0.5, 0.6) is 0 Å². The van der Waals surface area contributed by atoms with Crippen LogP contribution in [0.15, 0.2) is 0 Å². The molecular weight excluding hydrogens is 230 g/mol. The van der Waals surface area contributed by atoms with Crippen molar-refractivity contribution < 1.29 is 9.59 Å². The van der Waals surface area contributed by atoms with E-state index in [2.05, 4.69) is 10.6 Å². The standard InChI is InChI=1S/C13H25N3O2/c1-9(2)7-15-11(17)10(3)16-12(18)13(8-14)5-4-6-13/h9-10H,4-8,14H2,1-3H3,(H,15,17)(H,16,18). The molecule has 0 spiro atoms. The normalized spacial score (nSPS) is 18.9. The largest absolute Gasteiger partial charge is 0.354 e. The molecule has 1 atom stereocenters. The molecular formula is C13H25N3O2. The van der Waals surface area contributed by atoms with E-state index in [1.54, 1.807) is 6.92 Å². The van der Waals surface area contributed by atoms with E-state index in [-0.39, 0.29) is 11.8 Å². The fourth-order valence-corrected chi connectivity index (χ4v) is 2.00. The lowest BCUT2D eigenvalue weighted by Crippen LogP contribution is -2.55. The molecule has 1 aliphatic rings. The summed E-state index contributed by atoms with van der Waals surface area (Å²) in [6, 6.07) is -0.500. The van der Waals surface area contributed by atoms with Gasteiger partial charge in [0.2, 0.25) is 11.8 Å². The first-order chi connectivity index (χ1) is 8.41. The Bertz CT molecular complexity index is 306. The molecule has 0 bridgehead atoms. The van der Waals surface area contributed by atoms with E-state index in [0.717, 1.165) is 19.3 Å². The minimum Gasteiger partial charge on any atom is -0.354 e. The SMILES string of the molecule is CC(C)CNC(=O)C(C)NC(=O)C1(CN)CCC1. The van der Waals surface area contributed by atoms with Gasteiger partial charge in [0.1, 0.15) is 6.04 Å². The van der Waals surface area contributed by atoms with Gasteiger partial charge in [0.15, 0.2) is 0 Å². The van der Waals surface area contributed by atoms with Crippen LogP contribution < -0.4 is 16.4 Å². The van der Waals surface area contributed by atoms with Crippen molar-refractivity contribution in [1.29, 1.82) is 0 Å². The van der Waals surface area contributed by atoms with Crippen LogP contribution in [0, 0.1) is 11.3 Å². The predicted molar refractivity (Wildman–Crippen MR) is 70.8 cm³/mol. The summed E-state index contributed by atoms with van der Waals surface area (Å²) >= 11 is 0. The first-order valence-corrected chi connectivity index (χ1v) is 6.70. The predicted octanol–water partition coefficient (Wildman–Crippen LogP) is 0.392. The fourth-order valence-electron chi connectivity index (χ4n) is 2.00. The van der Waals surface area contributed by atoms with E-state index >= 15 is 0 Å². The van der Waals surface area contributed by atoms with Crippen LogP contribution in [0.25, 0.3) is 0 Å². The van der Waals surface area contributed by atoms with Gasteiger partial charge in [0.05, 0.1) is 5.41 Å². The molecule has 5 heteroatoms. The van der Waals surface area contributed by atoms with E-state index in [1.165, 1.54) is 0 Å². The number of hydrogen-bond acceptors (Lipinski definition) is 3. The summed E-state index contributed by atoms with van der Waals surface area (Å²) in [6.07, 6.45) is 2.70. The summed E-state index contributed by atoms with van der Waals surface area (Å²) in [4.78, 5) is 23.8. The van der Waals surface area contributed by atoms with Crippen molar-refractivity contribution in [3.05, 3.63) is 0 Å². The summed E-state index contributed by atoms with van der Waals surface area (Å²) in [6.45, 7) is 6.75. The van der Waals surface area contributed by atoms with Crippen molar-refractivity contribution in [1.82, 2.24) is 10.6 Å². The Morgan fingerprint density at radius 2 is 1.89 bits per heavy atom. The molecule has 5 nitrogen and oxygen atoms in total. The molecule has 2 amide bonds. The van der Waals surface area contributed by atoms with Crippen molar-refractivity contribution >= 4 is 11.8 Å². The van der Waals surface area contributed by atoms with Crippen molar-refractivity contribution in [2.75, 3.05) is 13.1 Å². The van der Waals surface area contributed by atoms with Gasteiger partial charge in [-0.1, -0.05) is 20.3 Å². The monoisotopic (exact) mass is 255 g/mol. The average molecular weight is 255 g/mol.